The lowest BCUT2D eigenvalue weighted by atomic mass is 10.0. The van der Waals surface area contributed by atoms with Gasteiger partial charge in [0, 0.05) is 12.8 Å². The molecule has 0 rings (SSSR count). The van der Waals surface area contributed by atoms with E-state index in [1.54, 1.807) is 0 Å². The number of nitrogens with two attached hydrogens (primary N) is 1. The van der Waals surface area contributed by atoms with Gasteiger partial charge in [0.1, 0.15) is 12.6 Å². The molecular weight excluding hydrogens is 902 g/mol. The Kier molecular flexibility index (Phi) is 50.8. The fourth-order valence-electron chi connectivity index (χ4n) is 8.07. The van der Waals surface area contributed by atoms with Gasteiger partial charge < -0.3 is 25.2 Å². The van der Waals surface area contributed by atoms with Crippen molar-refractivity contribution in [2.24, 2.45) is 5.73 Å². The van der Waals surface area contributed by atoms with Crippen molar-refractivity contribution in [3.63, 3.8) is 0 Å². The van der Waals surface area contributed by atoms with Gasteiger partial charge in [0.2, 0.25) is 0 Å². The molecule has 12 heteroatoms. The Bertz CT molecular complexity index is 1370. The van der Waals surface area contributed by atoms with Gasteiger partial charge in [-0.2, -0.15) is 0 Å². The smallest absolute Gasteiger partial charge is 0.472 e. The van der Waals surface area contributed by atoms with Crippen molar-refractivity contribution in [2.45, 2.75) is 283 Å². The highest BCUT2D eigenvalue weighted by molar-refractivity contribution is 7.47. The van der Waals surface area contributed by atoms with Crippen LogP contribution in [-0.4, -0.2) is 59.9 Å². The summed E-state index contributed by atoms with van der Waals surface area (Å²) < 4.78 is 33.0. The first-order chi connectivity index (χ1) is 34.1. The molecule has 0 aliphatic carbocycles. The van der Waals surface area contributed by atoms with Gasteiger partial charge in [-0.05, 0) is 77.0 Å². The third-order valence-corrected chi connectivity index (χ3v) is 13.5. The normalized spacial score (nSPS) is 13.8. The Balaban J connectivity index is 4.17. The van der Waals surface area contributed by atoms with Crippen LogP contribution in [0.5, 0.6) is 0 Å². The molecule has 0 aliphatic rings. The van der Waals surface area contributed by atoms with Crippen molar-refractivity contribution in [1.82, 2.24) is 0 Å². The molecule has 0 saturated carbocycles. The molecule has 0 spiro atoms. The second-order valence-corrected chi connectivity index (χ2v) is 20.9. The minimum atomic E-state index is -4.73. The lowest BCUT2D eigenvalue weighted by Crippen LogP contribution is -2.34. The molecule has 70 heavy (non-hydrogen) atoms. The Hall–Kier alpha value is -2.56. The van der Waals surface area contributed by atoms with E-state index in [4.69, 9.17) is 29.4 Å². The molecule has 4 N–H and O–H groups in total. The van der Waals surface area contributed by atoms with Gasteiger partial charge in [0.25, 0.3) is 0 Å². The second-order valence-electron chi connectivity index (χ2n) is 19.4. The van der Waals surface area contributed by atoms with Gasteiger partial charge in [0.15, 0.2) is 6.10 Å². The van der Waals surface area contributed by atoms with E-state index in [-0.39, 0.29) is 19.4 Å². The number of hydrogen-bond acceptors (Lipinski definition) is 9. The number of rotatable bonds is 54. The summed E-state index contributed by atoms with van der Waals surface area (Å²) in [4.78, 5) is 46.3. The van der Waals surface area contributed by atoms with Crippen molar-refractivity contribution in [2.75, 3.05) is 19.8 Å². The number of phosphoric ester groups is 1. The van der Waals surface area contributed by atoms with E-state index in [0.29, 0.717) is 12.8 Å². The van der Waals surface area contributed by atoms with Crippen LogP contribution < -0.4 is 5.73 Å². The van der Waals surface area contributed by atoms with E-state index in [0.717, 1.165) is 51.4 Å². The number of carbonyl (C=O) groups excluding carboxylic acids is 2. The van der Waals surface area contributed by atoms with Crippen LogP contribution in [0, 0.1) is 0 Å². The standard InChI is InChI=1S/C58H106NO10P/c1-3-5-7-9-11-13-15-17-19-21-23-25-27-29-31-33-35-37-39-41-43-45-47-49-56(60)66-51-54(52-67-70(64,65)68-53-55(59)58(62)63)69-57(61)50-48-46-44-42-40-38-36-34-32-30-28-26-24-22-20-18-16-14-12-10-8-6-4-2/h15-18,21-24,54-55H,3-14,19-20,25-53,59H2,1-2H3,(H,62,63)(H,64,65)/b17-15-,18-16-,23-21-,24-22-. The van der Waals surface area contributed by atoms with Crippen LogP contribution in [0.1, 0.15) is 271 Å². The zero-order valence-electron chi connectivity index (χ0n) is 44.9. The molecule has 408 valence electrons. The van der Waals surface area contributed by atoms with Crippen LogP contribution in [0.15, 0.2) is 48.6 Å². The summed E-state index contributed by atoms with van der Waals surface area (Å²) in [6, 6.07) is -1.52. The molecule has 0 aromatic heterocycles. The van der Waals surface area contributed by atoms with Crippen molar-refractivity contribution in [3.8, 4) is 0 Å². The summed E-state index contributed by atoms with van der Waals surface area (Å²) in [6.45, 7) is 2.83. The highest BCUT2D eigenvalue weighted by Crippen LogP contribution is 2.43. The summed E-state index contributed by atoms with van der Waals surface area (Å²) in [5.74, 6) is -2.37. The number of aliphatic carboxylic acids is 1. The second kappa shape index (κ2) is 52.8. The largest absolute Gasteiger partial charge is 0.480 e. The number of ether oxygens (including phenoxy) is 2. The van der Waals surface area contributed by atoms with Gasteiger partial charge in [-0.15, -0.1) is 0 Å². The number of carboxylic acid groups (broad SMARTS) is 1. The van der Waals surface area contributed by atoms with Crippen LogP contribution in [0.4, 0.5) is 0 Å². The van der Waals surface area contributed by atoms with Gasteiger partial charge >= 0.3 is 25.7 Å². The maximum absolute atomic E-state index is 12.7. The zero-order valence-corrected chi connectivity index (χ0v) is 45.8. The maximum atomic E-state index is 12.7. The van der Waals surface area contributed by atoms with Gasteiger partial charge in [-0.25, -0.2) is 4.57 Å². The molecule has 0 aromatic carbocycles. The minimum Gasteiger partial charge on any atom is -0.480 e. The van der Waals surface area contributed by atoms with Gasteiger partial charge in [-0.1, -0.05) is 229 Å². The first kappa shape index (κ1) is 67.4. The third-order valence-electron chi connectivity index (χ3n) is 12.5. The fourth-order valence-corrected chi connectivity index (χ4v) is 8.85. The van der Waals surface area contributed by atoms with Crippen molar-refractivity contribution >= 4 is 25.7 Å². The summed E-state index contributed by atoms with van der Waals surface area (Å²) in [5.41, 5.74) is 5.37. The van der Waals surface area contributed by atoms with Gasteiger partial charge in [0.05, 0.1) is 13.2 Å². The number of allylic oxidation sites excluding steroid dienone is 8. The number of phosphoric acid groups is 1. The predicted molar refractivity (Wildman–Crippen MR) is 291 cm³/mol. The number of hydrogen-bond donors (Lipinski definition) is 3. The number of esters is 2. The van der Waals surface area contributed by atoms with E-state index in [1.807, 2.05) is 0 Å². The summed E-state index contributed by atoms with van der Waals surface area (Å²) in [5, 5.41) is 8.95. The number of carboxylic acids is 1. The average Bonchev–Trinajstić information content (AvgIpc) is 3.34. The van der Waals surface area contributed by atoms with Crippen LogP contribution in [0.3, 0.4) is 0 Å². The molecule has 3 unspecified atom stereocenters. The van der Waals surface area contributed by atoms with E-state index >= 15 is 0 Å². The molecule has 3 atom stereocenters. The molecule has 11 nitrogen and oxygen atoms in total. The Morgan fingerprint density at radius 1 is 0.443 bits per heavy atom. The minimum absolute atomic E-state index is 0.159. The van der Waals surface area contributed by atoms with Crippen LogP contribution in [-0.2, 0) is 37.5 Å². The van der Waals surface area contributed by atoms with E-state index in [9.17, 15) is 23.8 Å². The van der Waals surface area contributed by atoms with Crippen molar-refractivity contribution < 1.29 is 47.5 Å². The molecule has 0 radical (unpaired) electrons. The Morgan fingerprint density at radius 3 is 1.11 bits per heavy atom. The SMILES string of the molecule is CCCCCCC/C=C\C/C=C\CCCCCCCCCCCCCC(=O)OCC(COP(=O)(O)OCC(N)C(=O)O)OC(=O)CCCCCCCCCCCCC/C=C\C/C=C\CCCCCCC. The molecule has 0 amide bonds. The molecule has 0 saturated heterocycles. The quantitative estimate of drug-likeness (QED) is 0.0229. The molecule has 0 aliphatic heterocycles. The Morgan fingerprint density at radius 2 is 0.757 bits per heavy atom. The first-order valence-electron chi connectivity index (χ1n) is 28.7. The molecule has 0 fully saturated rings. The van der Waals surface area contributed by atoms with E-state index in [1.165, 1.54) is 180 Å². The summed E-state index contributed by atoms with van der Waals surface area (Å²) in [7, 11) is -4.73. The molecule has 0 heterocycles. The highest BCUT2D eigenvalue weighted by atomic mass is 31.2. The third kappa shape index (κ3) is 51.8. The van der Waals surface area contributed by atoms with Crippen molar-refractivity contribution in [1.29, 1.82) is 0 Å². The number of unbranched alkanes of at least 4 members (excludes halogenated alkanes) is 32. The summed E-state index contributed by atoms with van der Waals surface area (Å²) >= 11 is 0. The zero-order chi connectivity index (χ0) is 51.3. The van der Waals surface area contributed by atoms with E-state index in [2.05, 4.69) is 62.5 Å². The molecule has 0 bridgehead atoms. The topological polar surface area (TPSA) is 172 Å². The van der Waals surface area contributed by atoms with Crippen LogP contribution in [0.2, 0.25) is 0 Å². The lowest BCUT2D eigenvalue weighted by molar-refractivity contribution is -0.161. The average molecular weight is 1010 g/mol. The Labute approximate surface area is 428 Å². The van der Waals surface area contributed by atoms with Crippen LogP contribution in [0.25, 0.3) is 0 Å². The van der Waals surface area contributed by atoms with Crippen molar-refractivity contribution in [3.05, 3.63) is 48.6 Å². The lowest BCUT2D eigenvalue weighted by Gasteiger charge is -2.20. The van der Waals surface area contributed by atoms with E-state index < -0.39 is 51.1 Å². The fraction of sp³-hybridized carbons (Fsp3) is 0.810. The first-order valence-corrected chi connectivity index (χ1v) is 30.2. The van der Waals surface area contributed by atoms with Crippen LogP contribution >= 0.6 is 7.82 Å². The maximum Gasteiger partial charge on any atom is 0.472 e. The molecular formula is C58H106NO10P. The highest BCUT2D eigenvalue weighted by Gasteiger charge is 2.28. The molecule has 0 aromatic rings. The number of carbonyl (C=O) groups is 3. The summed E-state index contributed by atoms with van der Waals surface area (Å²) in [6.07, 6.45) is 63.2. The monoisotopic (exact) mass is 1010 g/mol. The van der Waals surface area contributed by atoms with Gasteiger partial charge in [-0.3, -0.25) is 23.4 Å². The predicted octanol–water partition coefficient (Wildman–Crippen LogP) is 16.9.